The highest BCUT2D eigenvalue weighted by Gasteiger charge is 2.09. The summed E-state index contributed by atoms with van der Waals surface area (Å²) in [6.45, 7) is 2.73. The van der Waals surface area contributed by atoms with Crippen LogP contribution in [0, 0.1) is 0 Å². The highest BCUT2D eigenvalue weighted by molar-refractivity contribution is 7.11. The number of nitrogens with zero attached hydrogens (tertiary/aromatic N) is 4. The average Bonchev–Trinajstić information content (AvgIpc) is 2.86. The van der Waals surface area contributed by atoms with Crippen molar-refractivity contribution >= 4 is 23.1 Å². The summed E-state index contributed by atoms with van der Waals surface area (Å²) in [6.07, 6.45) is 5.58. The molecular weight excluding hydrogens is 264 g/mol. The van der Waals surface area contributed by atoms with Gasteiger partial charge in [0, 0.05) is 18.1 Å². The van der Waals surface area contributed by atoms with E-state index in [1.807, 2.05) is 18.1 Å². The molecule has 0 aliphatic carbocycles. The van der Waals surface area contributed by atoms with E-state index in [1.165, 1.54) is 17.3 Å². The lowest BCUT2D eigenvalue weighted by molar-refractivity contribution is 0.0690. The van der Waals surface area contributed by atoms with E-state index < -0.39 is 5.97 Å². The molecule has 0 saturated carbocycles. The molecule has 7 heteroatoms. The minimum Gasteiger partial charge on any atom is -0.476 e. The Hall–Kier alpha value is -2.02. The lowest BCUT2D eigenvalue weighted by Crippen LogP contribution is -2.18. The van der Waals surface area contributed by atoms with E-state index in [0.717, 1.165) is 11.4 Å². The maximum absolute atomic E-state index is 10.7. The van der Waals surface area contributed by atoms with Gasteiger partial charge in [0.15, 0.2) is 5.69 Å². The van der Waals surface area contributed by atoms with Crippen LogP contribution in [-0.4, -0.2) is 33.1 Å². The molecule has 19 heavy (non-hydrogen) atoms. The fraction of sp³-hybridized carbons (Fsp3) is 0.333. The van der Waals surface area contributed by atoms with Crippen LogP contribution >= 0.6 is 11.3 Å². The van der Waals surface area contributed by atoms with Gasteiger partial charge in [-0.1, -0.05) is 6.92 Å². The van der Waals surface area contributed by atoms with Crippen LogP contribution in [0.15, 0.2) is 18.6 Å². The van der Waals surface area contributed by atoms with Gasteiger partial charge in [0.05, 0.1) is 18.9 Å². The van der Waals surface area contributed by atoms with Gasteiger partial charge >= 0.3 is 5.97 Å². The third kappa shape index (κ3) is 3.25. The van der Waals surface area contributed by atoms with E-state index in [2.05, 4.69) is 21.9 Å². The Morgan fingerprint density at radius 3 is 2.63 bits per heavy atom. The van der Waals surface area contributed by atoms with Gasteiger partial charge in [-0.25, -0.2) is 19.7 Å². The minimum atomic E-state index is -1.07. The van der Waals surface area contributed by atoms with Crippen molar-refractivity contribution in [2.45, 2.75) is 19.9 Å². The largest absolute Gasteiger partial charge is 0.476 e. The molecule has 2 rings (SSSR count). The van der Waals surface area contributed by atoms with E-state index in [1.54, 1.807) is 11.3 Å². The quantitative estimate of drug-likeness (QED) is 0.899. The Labute approximate surface area is 114 Å². The number of anilines is 1. The molecule has 0 aromatic carbocycles. The van der Waals surface area contributed by atoms with Crippen molar-refractivity contribution in [1.29, 1.82) is 0 Å². The second-order valence-electron chi connectivity index (χ2n) is 3.99. The summed E-state index contributed by atoms with van der Waals surface area (Å²) in [5.74, 6) is -0.451. The molecule has 6 nitrogen and oxygen atoms in total. The summed E-state index contributed by atoms with van der Waals surface area (Å²) >= 11 is 1.67. The van der Waals surface area contributed by atoms with Gasteiger partial charge in [0.2, 0.25) is 0 Å². The zero-order valence-corrected chi connectivity index (χ0v) is 11.5. The highest BCUT2D eigenvalue weighted by Crippen LogP contribution is 2.17. The third-order valence-electron chi connectivity index (χ3n) is 2.57. The summed E-state index contributed by atoms with van der Waals surface area (Å²) in [5.41, 5.74) is -0.0559. The molecule has 0 atom stereocenters. The lowest BCUT2D eigenvalue weighted by atomic mass is 10.4. The number of aromatic carboxylic acids is 1. The average molecular weight is 278 g/mol. The SMILES string of the molecule is CCc1cnc(CN(C)c2cnc(C(=O)O)cn2)s1. The summed E-state index contributed by atoms with van der Waals surface area (Å²) in [5, 5.41) is 9.76. The van der Waals surface area contributed by atoms with Crippen LogP contribution in [0.3, 0.4) is 0 Å². The molecule has 100 valence electrons. The van der Waals surface area contributed by atoms with Gasteiger partial charge in [0.25, 0.3) is 0 Å². The maximum atomic E-state index is 10.7. The third-order valence-corrected chi connectivity index (χ3v) is 3.70. The molecule has 0 amide bonds. The van der Waals surface area contributed by atoms with Crippen molar-refractivity contribution < 1.29 is 9.90 Å². The fourth-order valence-electron chi connectivity index (χ4n) is 1.50. The Morgan fingerprint density at radius 1 is 1.32 bits per heavy atom. The summed E-state index contributed by atoms with van der Waals surface area (Å²) in [7, 11) is 1.87. The summed E-state index contributed by atoms with van der Waals surface area (Å²) < 4.78 is 0. The van der Waals surface area contributed by atoms with Gasteiger partial charge in [-0.15, -0.1) is 11.3 Å². The molecule has 1 N–H and O–H groups in total. The predicted octanol–water partition coefficient (Wildman–Crippen LogP) is 1.83. The van der Waals surface area contributed by atoms with E-state index in [0.29, 0.717) is 12.4 Å². The van der Waals surface area contributed by atoms with Crippen LogP contribution in [0.25, 0.3) is 0 Å². The van der Waals surface area contributed by atoms with E-state index >= 15 is 0 Å². The Kier molecular flexibility index (Phi) is 4.06. The molecule has 2 aromatic rings. The Balaban J connectivity index is 2.06. The van der Waals surface area contributed by atoms with Crippen molar-refractivity contribution in [3.8, 4) is 0 Å². The van der Waals surface area contributed by atoms with Crippen molar-refractivity contribution in [2.24, 2.45) is 0 Å². The Morgan fingerprint density at radius 2 is 2.11 bits per heavy atom. The molecule has 0 spiro atoms. The maximum Gasteiger partial charge on any atom is 0.356 e. The zero-order valence-electron chi connectivity index (χ0n) is 10.7. The normalized spacial score (nSPS) is 10.4. The summed E-state index contributed by atoms with van der Waals surface area (Å²) in [6, 6.07) is 0. The molecule has 0 bridgehead atoms. The number of carboxylic acid groups (broad SMARTS) is 1. The number of hydrogen-bond acceptors (Lipinski definition) is 6. The van der Waals surface area contributed by atoms with Crippen molar-refractivity contribution in [2.75, 3.05) is 11.9 Å². The van der Waals surface area contributed by atoms with Crippen LogP contribution in [-0.2, 0) is 13.0 Å². The molecule has 0 unspecified atom stereocenters. The highest BCUT2D eigenvalue weighted by atomic mass is 32.1. The molecule has 2 aromatic heterocycles. The number of thiazole rings is 1. The van der Waals surface area contributed by atoms with Crippen LogP contribution < -0.4 is 4.90 Å². The second kappa shape index (κ2) is 5.75. The number of hydrogen-bond donors (Lipinski definition) is 1. The number of rotatable bonds is 5. The second-order valence-corrected chi connectivity index (χ2v) is 5.19. The van der Waals surface area contributed by atoms with Crippen LogP contribution in [0.1, 0.15) is 27.3 Å². The first-order chi connectivity index (χ1) is 9.10. The van der Waals surface area contributed by atoms with Gasteiger partial charge in [0.1, 0.15) is 10.8 Å². The Bertz CT molecular complexity index is 567. The number of carboxylic acids is 1. The fourth-order valence-corrected chi connectivity index (χ4v) is 2.41. The van der Waals surface area contributed by atoms with E-state index in [9.17, 15) is 4.79 Å². The standard InChI is InChI=1S/C12H14N4O2S/c1-3-8-4-15-11(19-8)7-16(2)10-6-13-9(5-14-10)12(17)18/h4-6H,3,7H2,1-2H3,(H,17,18). The van der Waals surface area contributed by atoms with Crippen LogP contribution in [0.4, 0.5) is 5.82 Å². The predicted molar refractivity (Wildman–Crippen MR) is 72.6 cm³/mol. The first-order valence-corrected chi connectivity index (χ1v) is 6.62. The molecule has 0 saturated heterocycles. The molecule has 0 aliphatic heterocycles. The number of aryl methyl sites for hydroxylation is 1. The van der Waals surface area contributed by atoms with Gasteiger partial charge in [-0.2, -0.15) is 0 Å². The molecule has 2 heterocycles. The van der Waals surface area contributed by atoms with E-state index in [4.69, 9.17) is 5.11 Å². The van der Waals surface area contributed by atoms with Crippen LogP contribution in [0.2, 0.25) is 0 Å². The topological polar surface area (TPSA) is 79.2 Å². The van der Waals surface area contributed by atoms with Crippen molar-refractivity contribution in [3.05, 3.63) is 34.2 Å². The number of carbonyl (C=O) groups is 1. The molecule has 0 aliphatic rings. The molecular formula is C12H14N4O2S. The zero-order chi connectivity index (χ0) is 13.8. The van der Waals surface area contributed by atoms with Crippen molar-refractivity contribution in [1.82, 2.24) is 15.0 Å². The first-order valence-electron chi connectivity index (χ1n) is 5.80. The number of aromatic nitrogens is 3. The lowest BCUT2D eigenvalue weighted by Gasteiger charge is -2.15. The van der Waals surface area contributed by atoms with Gasteiger partial charge in [-0.3, -0.25) is 0 Å². The smallest absolute Gasteiger partial charge is 0.356 e. The van der Waals surface area contributed by atoms with E-state index in [-0.39, 0.29) is 5.69 Å². The van der Waals surface area contributed by atoms with Gasteiger partial charge in [-0.05, 0) is 6.42 Å². The summed E-state index contributed by atoms with van der Waals surface area (Å²) in [4.78, 5) is 26.1. The monoisotopic (exact) mass is 278 g/mol. The van der Waals surface area contributed by atoms with Gasteiger partial charge < -0.3 is 10.0 Å². The van der Waals surface area contributed by atoms with Crippen molar-refractivity contribution in [3.63, 3.8) is 0 Å². The first kappa shape index (κ1) is 13.4. The molecule has 0 radical (unpaired) electrons. The molecule has 0 fully saturated rings. The van der Waals surface area contributed by atoms with Crippen LogP contribution in [0.5, 0.6) is 0 Å². The minimum absolute atomic E-state index is 0.0559.